The molecule has 9 heteroatoms. The minimum Gasteiger partial charge on any atom is -0.503 e. The van der Waals surface area contributed by atoms with Crippen LogP contribution in [0.2, 0.25) is 5.02 Å². The molecule has 0 bridgehead atoms. The molecule has 4 aliphatic carbocycles. The summed E-state index contributed by atoms with van der Waals surface area (Å²) >= 11 is 6.47. The molecule has 1 aromatic rings. The van der Waals surface area contributed by atoms with Crippen LogP contribution in [0.15, 0.2) is 23.8 Å². The molecule has 224 valence electrons. The van der Waals surface area contributed by atoms with Crippen molar-refractivity contribution in [3.05, 3.63) is 34.4 Å². The third-order valence-corrected chi connectivity index (χ3v) is 11.5. The van der Waals surface area contributed by atoms with E-state index in [1.54, 1.807) is 21.9 Å². The number of halogens is 1. The number of aromatic hydroxyl groups is 1. The molecule has 3 saturated carbocycles. The van der Waals surface area contributed by atoms with E-state index in [4.69, 9.17) is 16.3 Å². The molecule has 7 rings (SSSR count). The molecule has 2 saturated heterocycles. The van der Waals surface area contributed by atoms with Crippen LogP contribution in [0.4, 0.5) is 0 Å². The summed E-state index contributed by atoms with van der Waals surface area (Å²) < 4.78 is 5.43. The van der Waals surface area contributed by atoms with Gasteiger partial charge in [0.25, 0.3) is 0 Å². The second-order valence-corrected chi connectivity index (χ2v) is 13.7. The molecule has 2 aliphatic heterocycles. The Morgan fingerprint density at radius 2 is 1.33 bits per heavy atom. The van der Waals surface area contributed by atoms with Gasteiger partial charge in [0.05, 0.1) is 35.8 Å². The van der Waals surface area contributed by atoms with Crippen molar-refractivity contribution in [1.29, 1.82) is 0 Å². The summed E-state index contributed by atoms with van der Waals surface area (Å²) in [6.45, 7) is 0. The van der Waals surface area contributed by atoms with Gasteiger partial charge in [0.1, 0.15) is 0 Å². The number of methoxy groups -OCH3 is 1. The van der Waals surface area contributed by atoms with Gasteiger partial charge in [0.2, 0.25) is 23.6 Å². The number of phenols is 1. The quantitative estimate of drug-likeness (QED) is 0.372. The molecule has 8 nitrogen and oxygen atoms in total. The van der Waals surface area contributed by atoms with Crippen LogP contribution < -0.4 is 4.74 Å². The van der Waals surface area contributed by atoms with Gasteiger partial charge in [-0.1, -0.05) is 61.8 Å². The van der Waals surface area contributed by atoms with Crippen molar-refractivity contribution in [3.8, 4) is 11.5 Å². The van der Waals surface area contributed by atoms with E-state index < -0.39 is 29.6 Å². The lowest BCUT2D eigenvalue weighted by Crippen LogP contribution is -2.44. The predicted molar refractivity (Wildman–Crippen MR) is 155 cm³/mol. The van der Waals surface area contributed by atoms with Crippen molar-refractivity contribution in [1.82, 2.24) is 9.80 Å². The Balaban J connectivity index is 1.32. The average Bonchev–Trinajstić information content (AvgIpc) is 3.41. The van der Waals surface area contributed by atoms with Gasteiger partial charge in [0, 0.05) is 18.0 Å². The van der Waals surface area contributed by atoms with Gasteiger partial charge in [0.15, 0.2) is 11.5 Å². The molecule has 1 aromatic carbocycles. The van der Waals surface area contributed by atoms with E-state index in [1.807, 2.05) is 0 Å². The number of carbonyl (C=O) groups excluding carboxylic acids is 4. The zero-order chi connectivity index (χ0) is 29.3. The SMILES string of the molecule is COc1cc([C@H]2C3=CC[C@@H]4C(=O)N(C5CCCCC5)C(=O)[C@@H]4[C@@H]3C[C@H]3C(=O)N(C4CCCCC4)C(=O)[C@@H]23)cc(Cl)c1O. The van der Waals surface area contributed by atoms with E-state index in [9.17, 15) is 24.3 Å². The summed E-state index contributed by atoms with van der Waals surface area (Å²) in [5.74, 6) is -3.41. The lowest BCUT2D eigenvalue weighted by atomic mass is 9.57. The lowest BCUT2D eigenvalue weighted by Gasteiger charge is -2.44. The molecule has 42 heavy (non-hydrogen) atoms. The number of rotatable bonds is 4. The van der Waals surface area contributed by atoms with Crippen LogP contribution in [0.5, 0.6) is 11.5 Å². The molecule has 0 radical (unpaired) electrons. The highest BCUT2D eigenvalue weighted by Gasteiger charge is 2.63. The molecule has 4 amide bonds. The Morgan fingerprint density at radius 3 is 1.93 bits per heavy atom. The molecular weight excluding hydrogens is 556 g/mol. The summed E-state index contributed by atoms with van der Waals surface area (Å²) in [7, 11) is 1.45. The van der Waals surface area contributed by atoms with E-state index in [1.165, 1.54) is 7.11 Å². The number of carbonyl (C=O) groups is 4. The molecule has 6 atom stereocenters. The van der Waals surface area contributed by atoms with Crippen LogP contribution in [0, 0.1) is 29.6 Å². The van der Waals surface area contributed by atoms with Gasteiger partial charge in [-0.2, -0.15) is 0 Å². The van der Waals surface area contributed by atoms with Crippen LogP contribution in [0.3, 0.4) is 0 Å². The maximum atomic E-state index is 14.3. The molecule has 5 fully saturated rings. The van der Waals surface area contributed by atoms with Crippen molar-refractivity contribution in [2.75, 3.05) is 7.11 Å². The number of fused-ring (bicyclic) bond motifs is 4. The van der Waals surface area contributed by atoms with Crippen LogP contribution in [-0.2, 0) is 19.2 Å². The van der Waals surface area contributed by atoms with Crippen molar-refractivity contribution in [2.45, 2.75) is 95.1 Å². The first-order valence-corrected chi connectivity index (χ1v) is 16.2. The van der Waals surface area contributed by atoms with Gasteiger partial charge in [-0.25, -0.2) is 0 Å². The molecule has 6 aliphatic rings. The van der Waals surface area contributed by atoms with Crippen molar-refractivity contribution in [2.24, 2.45) is 29.6 Å². The van der Waals surface area contributed by atoms with Crippen molar-refractivity contribution >= 4 is 35.2 Å². The second kappa shape index (κ2) is 10.7. The summed E-state index contributed by atoms with van der Waals surface area (Å²) in [5, 5.41) is 10.6. The van der Waals surface area contributed by atoms with Gasteiger partial charge in [-0.3, -0.25) is 29.0 Å². The number of benzene rings is 1. The van der Waals surface area contributed by atoms with E-state index in [0.717, 1.165) is 69.8 Å². The first-order chi connectivity index (χ1) is 20.3. The van der Waals surface area contributed by atoms with Gasteiger partial charge < -0.3 is 9.84 Å². The topological polar surface area (TPSA) is 104 Å². The highest BCUT2D eigenvalue weighted by atomic mass is 35.5. The van der Waals surface area contributed by atoms with Gasteiger partial charge in [-0.15, -0.1) is 0 Å². The van der Waals surface area contributed by atoms with Crippen LogP contribution in [-0.4, -0.2) is 57.7 Å². The highest BCUT2D eigenvalue weighted by Crippen LogP contribution is 2.59. The van der Waals surface area contributed by atoms with Crippen molar-refractivity contribution < 1.29 is 29.0 Å². The number of likely N-dealkylation sites (tertiary alicyclic amines) is 2. The number of hydrogen-bond donors (Lipinski definition) is 1. The molecular formula is C33H39ClN2O6. The number of ether oxygens (including phenoxy) is 1. The van der Waals surface area contributed by atoms with Crippen LogP contribution in [0.25, 0.3) is 0 Å². The number of phenolic OH excluding ortho intramolecular Hbond substituents is 1. The zero-order valence-electron chi connectivity index (χ0n) is 24.1. The fraction of sp³-hybridized carbons (Fsp3) is 0.636. The van der Waals surface area contributed by atoms with E-state index in [0.29, 0.717) is 18.4 Å². The zero-order valence-corrected chi connectivity index (χ0v) is 24.9. The number of amides is 4. The Bertz CT molecular complexity index is 1360. The van der Waals surface area contributed by atoms with Gasteiger partial charge in [-0.05, 0) is 62.1 Å². The minimum absolute atomic E-state index is 0.0448. The monoisotopic (exact) mass is 594 g/mol. The first-order valence-electron chi connectivity index (χ1n) is 15.8. The summed E-state index contributed by atoms with van der Waals surface area (Å²) in [5.41, 5.74) is 1.63. The third-order valence-electron chi connectivity index (χ3n) is 11.2. The minimum atomic E-state index is -0.620. The van der Waals surface area contributed by atoms with Gasteiger partial charge >= 0.3 is 0 Å². The third kappa shape index (κ3) is 4.15. The van der Waals surface area contributed by atoms with Crippen molar-refractivity contribution in [3.63, 3.8) is 0 Å². The maximum absolute atomic E-state index is 14.3. The molecule has 0 aromatic heterocycles. The highest BCUT2D eigenvalue weighted by molar-refractivity contribution is 6.32. The Hall–Kier alpha value is -2.87. The first kappa shape index (κ1) is 27.9. The predicted octanol–water partition coefficient (Wildman–Crippen LogP) is 5.36. The summed E-state index contributed by atoms with van der Waals surface area (Å²) in [6, 6.07) is 3.22. The van der Waals surface area contributed by atoms with Crippen LogP contribution in [0.1, 0.15) is 88.5 Å². The Kier molecular flexibility index (Phi) is 7.11. The van der Waals surface area contributed by atoms with E-state index in [-0.39, 0.29) is 58.2 Å². The Morgan fingerprint density at radius 1 is 0.762 bits per heavy atom. The fourth-order valence-corrected chi connectivity index (χ4v) is 9.56. The summed E-state index contributed by atoms with van der Waals surface area (Å²) in [4.78, 5) is 59.4. The number of hydrogen-bond acceptors (Lipinski definition) is 6. The normalized spacial score (nSPS) is 33.9. The summed E-state index contributed by atoms with van der Waals surface area (Å²) in [6.07, 6.45) is 12.5. The lowest BCUT2D eigenvalue weighted by molar-refractivity contribution is -0.145. The molecule has 1 N–H and O–H groups in total. The average molecular weight is 595 g/mol. The maximum Gasteiger partial charge on any atom is 0.234 e. The number of nitrogens with zero attached hydrogens (tertiary/aromatic N) is 2. The van der Waals surface area contributed by atoms with E-state index in [2.05, 4.69) is 6.08 Å². The number of allylic oxidation sites excluding steroid dienone is 2. The molecule has 2 heterocycles. The largest absolute Gasteiger partial charge is 0.503 e. The smallest absolute Gasteiger partial charge is 0.234 e. The number of imide groups is 2. The molecule has 0 unspecified atom stereocenters. The Labute approximate surface area is 251 Å². The standard InChI is InChI=1S/C33H39ClN2O6/c1-42-25-15-17(14-24(34)29(25)37)26-20-12-13-21-27(32(40)35(30(21)38)18-8-4-2-5-9-18)22(20)16-23-28(26)33(41)36(31(23)39)19-10-6-3-7-11-19/h12,14-15,18-19,21-23,26-28,37H,2-11,13,16H2,1H3/t21-,22+,23+,26-,27-,28+/m0/s1. The fourth-order valence-electron chi connectivity index (χ4n) is 9.34. The second-order valence-electron chi connectivity index (χ2n) is 13.3. The molecule has 0 spiro atoms. The van der Waals surface area contributed by atoms with E-state index >= 15 is 0 Å². The van der Waals surface area contributed by atoms with Crippen LogP contribution >= 0.6 is 11.6 Å².